The molecule has 0 saturated heterocycles. The van der Waals surface area contributed by atoms with Gasteiger partial charge in [0.2, 0.25) is 5.95 Å². The molecular weight excluding hydrogens is 464 g/mol. The van der Waals surface area contributed by atoms with E-state index in [1.807, 2.05) is 0 Å². The van der Waals surface area contributed by atoms with Gasteiger partial charge in [-0.1, -0.05) is 23.7 Å². The number of ether oxygens (including phenoxy) is 1. The predicted octanol–water partition coefficient (Wildman–Crippen LogP) is 1.67. The Balaban J connectivity index is 1.62. The molecule has 0 bridgehead atoms. The minimum Gasteiger partial charge on any atom is -0.507 e. The number of phenolic OH excluding ortho intramolecular Hbond substituents is 1. The highest BCUT2D eigenvalue weighted by Crippen LogP contribution is 2.19. The lowest BCUT2D eigenvalue weighted by Gasteiger charge is -2.15. The summed E-state index contributed by atoms with van der Waals surface area (Å²) in [7, 11) is 1.47. The minimum atomic E-state index is -1.03. The number of halogens is 1. The maximum Gasteiger partial charge on any atom is 0.329 e. The molecule has 0 spiro atoms. The molecular formula is C22H21ClN6O5. The summed E-state index contributed by atoms with van der Waals surface area (Å²) < 4.78 is 8.18. The molecule has 2 aromatic heterocycles. The zero-order chi connectivity index (χ0) is 24.2. The van der Waals surface area contributed by atoms with Crippen LogP contribution in [-0.2, 0) is 13.6 Å². The first-order valence-corrected chi connectivity index (χ1v) is 10.5. The molecule has 34 heavy (non-hydrogen) atoms. The van der Waals surface area contributed by atoms with E-state index in [1.165, 1.54) is 28.5 Å². The van der Waals surface area contributed by atoms with E-state index in [0.29, 0.717) is 16.3 Å². The number of aliphatic hydroxyl groups is 1. The normalized spacial score (nSPS) is 12.3. The number of phenols is 1. The monoisotopic (exact) mass is 484 g/mol. The van der Waals surface area contributed by atoms with Crippen molar-refractivity contribution < 1.29 is 14.9 Å². The van der Waals surface area contributed by atoms with E-state index in [-0.39, 0.29) is 36.0 Å². The average Bonchev–Trinajstić information content (AvgIpc) is 3.17. The van der Waals surface area contributed by atoms with Crippen LogP contribution in [0.15, 0.2) is 63.2 Å². The number of imidazole rings is 1. The van der Waals surface area contributed by atoms with Crippen molar-refractivity contribution in [1.29, 1.82) is 0 Å². The number of H-pyrrole nitrogens is 1. The Hall–Kier alpha value is -4.09. The van der Waals surface area contributed by atoms with Crippen molar-refractivity contribution in [3.63, 3.8) is 0 Å². The number of hydrogen-bond acceptors (Lipinski definition) is 8. The number of para-hydroxylation sites is 1. The fourth-order valence-electron chi connectivity index (χ4n) is 3.24. The summed E-state index contributed by atoms with van der Waals surface area (Å²) in [5.41, 5.74) is 2.07. The first-order valence-electron chi connectivity index (χ1n) is 10.2. The summed E-state index contributed by atoms with van der Waals surface area (Å²) >= 11 is 5.87. The van der Waals surface area contributed by atoms with Crippen LogP contribution in [0.1, 0.15) is 5.56 Å². The third-order valence-electron chi connectivity index (χ3n) is 4.96. The quantitative estimate of drug-likeness (QED) is 0.220. The van der Waals surface area contributed by atoms with E-state index in [2.05, 4.69) is 20.5 Å². The topological polar surface area (TPSA) is 147 Å². The van der Waals surface area contributed by atoms with E-state index in [4.69, 9.17) is 16.3 Å². The van der Waals surface area contributed by atoms with Crippen LogP contribution in [0, 0.1) is 0 Å². The number of fused-ring (bicyclic) bond motifs is 1. The fourth-order valence-corrected chi connectivity index (χ4v) is 3.37. The molecule has 12 heteroatoms. The van der Waals surface area contributed by atoms with Gasteiger partial charge in [-0.3, -0.25) is 14.3 Å². The maximum atomic E-state index is 12.6. The van der Waals surface area contributed by atoms with Gasteiger partial charge in [0, 0.05) is 17.6 Å². The molecule has 0 fully saturated rings. The Morgan fingerprint density at radius 1 is 1.24 bits per heavy atom. The van der Waals surface area contributed by atoms with Crippen LogP contribution in [0.4, 0.5) is 5.95 Å². The SMILES string of the molecule is Cn1c(=O)[nH]c(=O)c2c1nc(N/N=C/c1ccccc1O)n2CC(O)COc1ccc(Cl)cc1. The fraction of sp³-hybridized carbons (Fsp3) is 0.182. The lowest BCUT2D eigenvalue weighted by atomic mass is 10.2. The number of aromatic nitrogens is 4. The van der Waals surface area contributed by atoms with E-state index < -0.39 is 17.4 Å². The molecule has 4 N–H and O–H groups in total. The minimum absolute atomic E-state index is 0.0372. The summed E-state index contributed by atoms with van der Waals surface area (Å²) in [5.74, 6) is 0.666. The van der Waals surface area contributed by atoms with Crippen LogP contribution >= 0.6 is 11.6 Å². The van der Waals surface area contributed by atoms with Gasteiger partial charge in [-0.05, 0) is 36.4 Å². The van der Waals surface area contributed by atoms with Crippen molar-refractivity contribution in [2.75, 3.05) is 12.0 Å². The molecule has 11 nitrogen and oxygen atoms in total. The highest BCUT2D eigenvalue weighted by Gasteiger charge is 2.20. The summed E-state index contributed by atoms with van der Waals surface area (Å²) in [6, 6.07) is 13.3. The molecule has 0 radical (unpaired) electrons. The predicted molar refractivity (Wildman–Crippen MR) is 128 cm³/mol. The van der Waals surface area contributed by atoms with Gasteiger partial charge in [-0.2, -0.15) is 10.1 Å². The lowest BCUT2D eigenvalue weighted by Crippen LogP contribution is -2.30. The molecule has 0 saturated carbocycles. The van der Waals surface area contributed by atoms with Gasteiger partial charge >= 0.3 is 5.69 Å². The number of rotatable bonds is 8. The van der Waals surface area contributed by atoms with Crippen molar-refractivity contribution in [3.05, 3.63) is 80.0 Å². The summed E-state index contributed by atoms with van der Waals surface area (Å²) in [6.07, 6.45) is 0.343. The number of aromatic hydroxyl groups is 1. The van der Waals surface area contributed by atoms with Gasteiger partial charge in [0.05, 0.1) is 12.8 Å². The largest absolute Gasteiger partial charge is 0.507 e. The van der Waals surface area contributed by atoms with Gasteiger partial charge in [-0.25, -0.2) is 10.2 Å². The zero-order valence-electron chi connectivity index (χ0n) is 18.0. The first-order chi connectivity index (χ1) is 16.3. The molecule has 4 rings (SSSR count). The molecule has 0 amide bonds. The summed E-state index contributed by atoms with van der Waals surface area (Å²) in [6.45, 7) is -0.161. The number of aryl methyl sites for hydroxylation is 1. The van der Waals surface area contributed by atoms with E-state index in [1.54, 1.807) is 42.5 Å². The number of aliphatic hydroxyl groups excluding tert-OH is 1. The van der Waals surface area contributed by atoms with Crippen molar-refractivity contribution in [2.24, 2.45) is 12.1 Å². The van der Waals surface area contributed by atoms with Crippen LogP contribution in [0.5, 0.6) is 11.5 Å². The standard InChI is InChI=1S/C22H21ClN6O5/c1-28-19-18(20(32)26-22(28)33)29(11-15(30)12-34-16-8-6-14(23)7-9-16)21(25-19)27-24-10-13-4-2-3-5-17(13)31/h2-10,15,30-31H,11-12H2,1H3,(H,25,27)(H,26,32,33)/b24-10+. The van der Waals surface area contributed by atoms with Gasteiger partial charge in [-0.15, -0.1) is 0 Å². The van der Waals surface area contributed by atoms with Crippen LogP contribution < -0.4 is 21.4 Å². The molecule has 0 aliphatic heterocycles. The van der Waals surface area contributed by atoms with Crippen LogP contribution in [0.25, 0.3) is 11.2 Å². The highest BCUT2D eigenvalue weighted by atomic mass is 35.5. The van der Waals surface area contributed by atoms with Crippen molar-refractivity contribution in [2.45, 2.75) is 12.6 Å². The zero-order valence-corrected chi connectivity index (χ0v) is 18.7. The second kappa shape index (κ2) is 9.81. The second-order valence-electron chi connectivity index (χ2n) is 7.38. The molecule has 2 aromatic carbocycles. The molecule has 2 heterocycles. The van der Waals surface area contributed by atoms with E-state index in [0.717, 1.165) is 0 Å². The smallest absolute Gasteiger partial charge is 0.329 e. The van der Waals surface area contributed by atoms with Crippen molar-refractivity contribution >= 4 is 34.9 Å². The number of benzene rings is 2. The molecule has 0 aliphatic rings. The maximum absolute atomic E-state index is 12.6. The number of anilines is 1. The third kappa shape index (κ3) is 4.95. The Morgan fingerprint density at radius 3 is 2.71 bits per heavy atom. The molecule has 176 valence electrons. The number of nitrogens with one attached hydrogen (secondary N) is 2. The number of aromatic amines is 1. The molecule has 1 atom stereocenters. The van der Waals surface area contributed by atoms with Crippen molar-refractivity contribution in [3.8, 4) is 11.5 Å². The van der Waals surface area contributed by atoms with Crippen LogP contribution in [0.3, 0.4) is 0 Å². The van der Waals surface area contributed by atoms with Gasteiger partial charge in [0.1, 0.15) is 24.2 Å². The first kappa shape index (κ1) is 23.1. The van der Waals surface area contributed by atoms with Crippen LogP contribution in [-0.4, -0.2) is 48.2 Å². The number of hydrazone groups is 1. The average molecular weight is 485 g/mol. The molecule has 4 aromatic rings. The Bertz CT molecular complexity index is 1460. The highest BCUT2D eigenvalue weighted by molar-refractivity contribution is 6.30. The summed E-state index contributed by atoms with van der Waals surface area (Å²) in [5, 5.41) is 25.1. The Morgan fingerprint density at radius 2 is 1.97 bits per heavy atom. The van der Waals surface area contributed by atoms with Gasteiger partial charge in [0.15, 0.2) is 11.2 Å². The Kier molecular flexibility index (Phi) is 6.66. The number of hydrogen-bond donors (Lipinski definition) is 4. The molecule has 0 aliphatic carbocycles. The molecule has 1 unspecified atom stereocenters. The van der Waals surface area contributed by atoms with E-state index >= 15 is 0 Å². The lowest BCUT2D eigenvalue weighted by molar-refractivity contribution is 0.0938. The van der Waals surface area contributed by atoms with E-state index in [9.17, 15) is 19.8 Å². The second-order valence-corrected chi connectivity index (χ2v) is 7.82. The van der Waals surface area contributed by atoms with Crippen molar-refractivity contribution in [1.82, 2.24) is 19.1 Å². The third-order valence-corrected chi connectivity index (χ3v) is 5.21. The van der Waals surface area contributed by atoms with Crippen LogP contribution in [0.2, 0.25) is 5.02 Å². The Labute approximate surface area is 197 Å². The van der Waals surface area contributed by atoms with Gasteiger partial charge in [0.25, 0.3) is 5.56 Å². The van der Waals surface area contributed by atoms with Gasteiger partial charge < -0.3 is 19.5 Å². The summed E-state index contributed by atoms with van der Waals surface area (Å²) in [4.78, 5) is 31.1. The number of nitrogens with zero attached hydrogens (tertiary/aromatic N) is 4.